The molecule has 0 aliphatic carbocycles. The summed E-state index contributed by atoms with van der Waals surface area (Å²) in [4.78, 5) is 27.3. The third-order valence-electron chi connectivity index (χ3n) is 5.28. The van der Waals surface area contributed by atoms with Crippen molar-refractivity contribution in [3.63, 3.8) is 0 Å². The standard InChI is InChI=1S/C24H20FNO6/c1-30-16-9-10-18(31-2)17(12-16)22(27)20-21(19-4-3-11-32-19)26(24(29)23(20)28)13-14-5-7-15(25)8-6-14/h3-12,21,27H,13H2,1-2H3/b22-20-. The maximum absolute atomic E-state index is 13.3. The molecule has 2 heterocycles. The molecule has 0 spiro atoms. The van der Waals surface area contributed by atoms with E-state index in [1.807, 2.05) is 0 Å². The predicted molar refractivity (Wildman–Crippen MR) is 113 cm³/mol. The van der Waals surface area contributed by atoms with E-state index in [-0.39, 0.29) is 17.7 Å². The lowest BCUT2D eigenvalue weighted by molar-refractivity contribution is -0.140. The van der Waals surface area contributed by atoms with Crippen LogP contribution < -0.4 is 9.47 Å². The van der Waals surface area contributed by atoms with E-state index < -0.39 is 29.3 Å². The van der Waals surface area contributed by atoms with Gasteiger partial charge in [0, 0.05) is 6.54 Å². The van der Waals surface area contributed by atoms with Gasteiger partial charge in [-0.25, -0.2) is 4.39 Å². The van der Waals surface area contributed by atoms with Gasteiger partial charge in [-0.2, -0.15) is 0 Å². The molecule has 1 saturated heterocycles. The molecule has 1 fully saturated rings. The second-order valence-electron chi connectivity index (χ2n) is 7.14. The van der Waals surface area contributed by atoms with Crippen LogP contribution in [0.4, 0.5) is 4.39 Å². The van der Waals surface area contributed by atoms with Crippen molar-refractivity contribution >= 4 is 17.4 Å². The topological polar surface area (TPSA) is 89.2 Å². The van der Waals surface area contributed by atoms with Crippen LogP contribution in [0.1, 0.15) is 22.9 Å². The van der Waals surface area contributed by atoms with Crippen LogP contribution in [-0.4, -0.2) is 35.9 Å². The van der Waals surface area contributed by atoms with E-state index in [2.05, 4.69) is 0 Å². The highest BCUT2D eigenvalue weighted by Crippen LogP contribution is 2.42. The van der Waals surface area contributed by atoms with Crippen LogP contribution in [0.2, 0.25) is 0 Å². The molecule has 1 unspecified atom stereocenters. The number of carbonyl (C=O) groups excluding carboxylic acids is 2. The molecule has 0 bridgehead atoms. The third kappa shape index (κ3) is 3.71. The van der Waals surface area contributed by atoms with Crippen molar-refractivity contribution in [1.29, 1.82) is 0 Å². The number of methoxy groups -OCH3 is 2. The number of Topliss-reactive ketones (excluding diaryl/α,β-unsaturated/α-hetero) is 1. The molecule has 164 valence electrons. The quantitative estimate of drug-likeness (QED) is 0.355. The van der Waals surface area contributed by atoms with Crippen LogP contribution in [0.5, 0.6) is 11.5 Å². The van der Waals surface area contributed by atoms with E-state index in [0.717, 1.165) is 0 Å². The molecule has 1 amide bonds. The van der Waals surface area contributed by atoms with Crippen LogP contribution in [0.3, 0.4) is 0 Å². The Balaban J connectivity index is 1.86. The predicted octanol–water partition coefficient (Wildman–Crippen LogP) is 4.06. The van der Waals surface area contributed by atoms with E-state index >= 15 is 0 Å². The molecule has 1 aliphatic heterocycles. The van der Waals surface area contributed by atoms with Gasteiger partial charge in [0.15, 0.2) is 0 Å². The number of aliphatic hydroxyl groups excluding tert-OH is 1. The van der Waals surface area contributed by atoms with E-state index in [4.69, 9.17) is 13.9 Å². The molecule has 3 aromatic rings. The van der Waals surface area contributed by atoms with Gasteiger partial charge in [0.1, 0.15) is 34.9 Å². The minimum Gasteiger partial charge on any atom is -0.507 e. The molecule has 1 aliphatic rings. The van der Waals surface area contributed by atoms with Crippen molar-refractivity contribution in [2.75, 3.05) is 14.2 Å². The second kappa shape index (κ2) is 8.58. The maximum Gasteiger partial charge on any atom is 0.296 e. The van der Waals surface area contributed by atoms with Crippen molar-refractivity contribution in [3.8, 4) is 11.5 Å². The molecular formula is C24H20FNO6. The van der Waals surface area contributed by atoms with Gasteiger partial charge >= 0.3 is 0 Å². The summed E-state index contributed by atoms with van der Waals surface area (Å²) in [6, 6.07) is 12.6. The number of ketones is 1. The zero-order chi connectivity index (χ0) is 22.8. The zero-order valence-electron chi connectivity index (χ0n) is 17.4. The van der Waals surface area contributed by atoms with Crippen molar-refractivity contribution in [1.82, 2.24) is 4.90 Å². The summed E-state index contributed by atoms with van der Waals surface area (Å²) in [5.41, 5.74) is 0.672. The lowest BCUT2D eigenvalue weighted by Crippen LogP contribution is -2.29. The molecule has 0 radical (unpaired) electrons. The number of amides is 1. The molecule has 7 nitrogen and oxygen atoms in total. The number of aliphatic hydroxyl groups is 1. The molecule has 1 aromatic heterocycles. The van der Waals surface area contributed by atoms with Crippen molar-refractivity contribution in [2.24, 2.45) is 0 Å². The zero-order valence-corrected chi connectivity index (χ0v) is 17.4. The van der Waals surface area contributed by atoms with Gasteiger partial charge < -0.3 is 23.9 Å². The molecule has 1 N–H and O–H groups in total. The minimum atomic E-state index is -0.981. The second-order valence-corrected chi connectivity index (χ2v) is 7.14. The Bertz CT molecular complexity index is 1180. The Morgan fingerprint density at radius 3 is 2.47 bits per heavy atom. The van der Waals surface area contributed by atoms with Gasteiger partial charge in [0.2, 0.25) is 0 Å². The van der Waals surface area contributed by atoms with Gasteiger partial charge in [-0.3, -0.25) is 9.59 Å². The van der Waals surface area contributed by atoms with E-state index in [1.165, 1.54) is 55.7 Å². The summed E-state index contributed by atoms with van der Waals surface area (Å²) in [7, 11) is 2.89. The molecule has 0 saturated carbocycles. The number of ether oxygens (including phenoxy) is 2. The van der Waals surface area contributed by atoms with Crippen LogP contribution in [-0.2, 0) is 16.1 Å². The molecular weight excluding hydrogens is 417 g/mol. The first kappa shape index (κ1) is 21.2. The van der Waals surface area contributed by atoms with Crippen LogP contribution in [0.15, 0.2) is 70.9 Å². The van der Waals surface area contributed by atoms with Gasteiger partial charge in [0.25, 0.3) is 11.7 Å². The van der Waals surface area contributed by atoms with Crippen molar-refractivity contribution < 1.29 is 33.0 Å². The molecule has 8 heteroatoms. The fourth-order valence-electron chi connectivity index (χ4n) is 3.72. The summed E-state index contributed by atoms with van der Waals surface area (Å²) in [6.45, 7) is 0.0161. The highest BCUT2D eigenvalue weighted by atomic mass is 19.1. The highest BCUT2D eigenvalue weighted by Gasteiger charge is 2.47. The smallest absolute Gasteiger partial charge is 0.296 e. The average molecular weight is 437 g/mol. The Kier molecular flexibility index (Phi) is 5.68. The van der Waals surface area contributed by atoms with Gasteiger partial charge in [-0.05, 0) is 48.0 Å². The first-order chi connectivity index (χ1) is 15.4. The molecule has 2 aromatic carbocycles. The third-order valence-corrected chi connectivity index (χ3v) is 5.28. The Labute approximate surface area is 183 Å². The van der Waals surface area contributed by atoms with Gasteiger partial charge in [-0.1, -0.05) is 12.1 Å². The first-order valence-corrected chi connectivity index (χ1v) is 9.73. The number of hydrogen-bond donors (Lipinski definition) is 1. The number of nitrogens with zero attached hydrogens (tertiary/aromatic N) is 1. The summed E-state index contributed by atoms with van der Waals surface area (Å²) < 4.78 is 29.4. The number of hydrogen-bond acceptors (Lipinski definition) is 6. The SMILES string of the molecule is COc1ccc(OC)c(/C(O)=C2/C(=O)C(=O)N(Cc3ccc(F)cc3)C2c2ccco2)c1. The number of likely N-dealkylation sites (tertiary alicyclic amines) is 1. The molecule has 32 heavy (non-hydrogen) atoms. The van der Waals surface area contributed by atoms with E-state index in [0.29, 0.717) is 22.8 Å². The largest absolute Gasteiger partial charge is 0.507 e. The van der Waals surface area contributed by atoms with E-state index in [1.54, 1.807) is 24.3 Å². The van der Waals surface area contributed by atoms with Gasteiger partial charge in [0.05, 0.1) is 31.6 Å². The summed E-state index contributed by atoms with van der Waals surface area (Å²) in [5.74, 6) is -1.47. The average Bonchev–Trinajstić information content (AvgIpc) is 3.42. The van der Waals surface area contributed by atoms with Crippen LogP contribution in [0.25, 0.3) is 5.76 Å². The lowest BCUT2D eigenvalue weighted by Gasteiger charge is -2.23. The van der Waals surface area contributed by atoms with Gasteiger partial charge in [-0.15, -0.1) is 0 Å². The maximum atomic E-state index is 13.3. The Hall–Kier alpha value is -4.07. The van der Waals surface area contributed by atoms with Crippen LogP contribution in [0, 0.1) is 5.82 Å². The molecule has 1 atom stereocenters. The number of carbonyl (C=O) groups is 2. The number of rotatable bonds is 6. The number of furan rings is 1. The van der Waals surface area contributed by atoms with Crippen molar-refractivity contribution in [2.45, 2.75) is 12.6 Å². The summed E-state index contributed by atoms with van der Waals surface area (Å²) in [6.07, 6.45) is 1.42. The summed E-state index contributed by atoms with van der Waals surface area (Å²) in [5, 5.41) is 11.2. The number of halogens is 1. The monoisotopic (exact) mass is 437 g/mol. The van der Waals surface area contributed by atoms with Crippen molar-refractivity contribution in [3.05, 3.63) is 89.1 Å². The normalized spacial score (nSPS) is 17.6. The van der Waals surface area contributed by atoms with E-state index in [9.17, 15) is 19.1 Å². The molecule has 4 rings (SSSR count). The minimum absolute atomic E-state index is 0.0161. The Morgan fingerprint density at radius 1 is 1.09 bits per heavy atom. The fourth-order valence-corrected chi connectivity index (χ4v) is 3.72. The Morgan fingerprint density at radius 2 is 1.84 bits per heavy atom. The fraction of sp³-hybridized carbons (Fsp3) is 0.167. The summed E-state index contributed by atoms with van der Waals surface area (Å²) >= 11 is 0. The van der Waals surface area contributed by atoms with Crippen LogP contribution >= 0.6 is 0 Å². The number of benzene rings is 2. The lowest BCUT2D eigenvalue weighted by atomic mass is 9.98. The first-order valence-electron chi connectivity index (χ1n) is 9.73. The highest BCUT2D eigenvalue weighted by molar-refractivity contribution is 6.46.